The van der Waals surface area contributed by atoms with E-state index in [0.29, 0.717) is 12.5 Å². The zero-order chi connectivity index (χ0) is 13.5. The molecule has 1 saturated heterocycles. The van der Waals surface area contributed by atoms with E-state index in [1.165, 1.54) is 12.8 Å². The standard InChI is InChI=1S/C14H28N2O2/c1-4-8-15-13(14(17)18)7-9-16-10-11(2)5-6-12(16)3/h11-13,15H,4-10H2,1-3H3,(H,17,18). The van der Waals surface area contributed by atoms with Gasteiger partial charge in [0.2, 0.25) is 0 Å². The molecule has 2 N–H and O–H groups in total. The molecule has 1 rings (SSSR count). The molecule has 106 valence electrons. The summed E-state index contributed by atoms with van der Waals surface area (Å²) in [7, 11) is 0. The van der Waals surface area contributed by atoms with Crippen LogP contribution < -0.4 is 5.32 Å². The summed E-state index contributed by atoms with van der Waals surface area (Å²) in [6, 6.07) is 0.205. The Hall–Kier alpha value is -0.610. The third kappa shape index (κ3) is 4.94. The topological polar surface area (TPSA) is 52.6 Å². The summed E-state index contributed by atoms with van der Waals surface area (Å²) in [6.45, 7) is 9.37. The van der Waals surface area contributed by atoms with E-state index in [2.05, 4.69) is 31.0 Å². The Morgan fingerprint density at radius 1 is 1.44 bits per heavy atom. The number of carboxylic acid groups (broad SMARTS) is 1. The first-order chi connectivity index (χ1) is 8.54. The minimum atomic E-state index is -0.721. The van der Waals surface area contributed by atoms with Gasteiger partial charge in [-0.15, -0.1) is 0 Å². The largest absolute Gasteiger partial charge is 0.480 e. The van der Waals surface area contributed by atoms with Gasteiger partial charge in [0.15, 0.2) is 0 Å². The number of aliphatic carboxylic acids is 1. The quantitative estimate of drug-likeness (QED) is 0.731. The SMILES string of the molecule is CCCNC(CCN1CC(C)CCC1C)C(=O)O. The molecule has 1 aliphatic rings. The molecule has 1 aliphatic heterocycles. The Morgan fingerprint density at radius 2 is 2.17 bits per heavy atom. The van der Waals surface area contributed by atoms with E-state index in [1.807, 2.05) is 0 Å². The van der Waals surface area contributed by atoms with Gasteiger partial charge in [-0.25, -0.2) is 0 Å². The Kier molecular flexibility index (Phi) is 6.65. The lowest BCUT2D eigenvalue weighted by atomic mass is 9.94. The summed E-state index contributed by atoms with van der Waals surface area (Å²) >= 11 is 0. The second kappa shape index (κ2) is 7.74. The van der Waals surface area contributed by atoms with Crippen LogP contribution in [0.3, 0.4) is 0 Å². The fourth-order valence-corrected chi connectivity index (χ4v) is 2.62. The number of nitrogens with zero attached hydrogens (tertiary/aromatic N) is 1. The van der Waals surface area contributed by atoms with Crippen molar-refractivity contribution >= 4 is 5.97 Å². The second-order valence-electron chi connectivity index (χ2n) is 5.66. The lowest BCUT2D eigenvalue weighted by molar-refractivity contribution is -0.139. The zero-order valence-electron chi connectivity index (χ0n) is 12.0. The molecule has 0 aromatic carbocycles. The summed E-state index contributed by atoms with van der Waals surface area (Å²) in [4.78, 5) is 13.6. The first-order valence-electron chi connectivity index (χ1n) is 7.24. The predicted octanol–water partition coefficient (Wildman–Crippen LogP) is 1.95. The van der Waals surface area contributed by atoms with E-state index < -0.39 is 12.0 Å². The summed E-state index contributed by atoms with van der Waals surface area (Å²) in [5.41, 5.74) is 0. The van der Waals surface area contributed by atoms with Gasteiger partial charge in [0.1, 0.15) is 6.04 Å². The van der Waals surface area contributed by atoms with E-state index in [1.54, 1.807) is 0 Å². The lowest BCUT2D eigenvalue weighted by Gasteiger charge is -2.37. The van der Waals surface area contributed by atoms with Crippen LogP contribution in [0.15, 0.2) is 0 Å². The summed E-state index contributed by atoms with van der Waals surface area (Å²) in [6.07, 6.45) is 4.21. The molecule has 0 aliphatic carbocycles. The third-order valence-corrected chi connectivity index (χ3v) is 3.89. The molecular formula is C14H28N2O2. The molecular weight excluding hydrogens is 228 g/mol. The van der Waals surface area contributed by atoms with Crippen LogP contribution in [-0.4, -0.2) is 47.7 Å². The number of likely N-dealkylation sites (tertiary alicyclic amines) is 1. The van der Waals surface area contributed by atoms with Gasteiger partial charge >= 0.3 is 5.97 Å². The van der Waals surface area contributed by atoms with Gasteiger partial charge in [0.25, 0.3) is 0 Å². The van der Waals surface area contributed by atoms with Crippen molar-refractivity contribution in [1.29, 1.82) is 0 Å². The molecule has 1 heterocycles. The maximum absolute atomic E-state index is 11.1. The predicted molar refractivity (Wildman–Crippen MR) is 73.8 cm³/mol. The summed E-state index contributed by atoms with van der Waals surface area (Å²) < 4.78 is 0. The van der Waals surface area contributed by atoms with Gasteiger partial charge in [0, 0.05) is 19.1 Å². The molecule has 0 spiro atoms. The minimum Gasteiger partial charge on any atom is -0.480 e. The molecule has 0 radical (unpaired) electrons. The monoisotopic (exact) mass is 256 g/mol. The van der Waals surface area contributed by atoms with E-state index in [4.69, 9.17) is 5.11 Å². The Labute approximate surface area is 111 Å². The van der Waals surface area contributed by atoms with E-state index in [-0.39, 0.29) is 0 Å². The van der Waals surface area contributed by atoms with Gasteiger partial charge in [-0.3, -0.25) is 4.79 Å². The van der Waals surface area contributed by atoms with Crippen molar-refractivity contribution in [1.82, 2.24) is 10.2 Å². The van der Waals surface area contributed by atoms with Crippen LogP contribution >= 0.6 is 0 Å². The number of carbonyl (C=O) groups is 1. The van der Waals surface area contributed by atoms with E-state index in [9.17, 15) is 4.79 Å². The molecule has 0 aromatic heterocycles. The number of hydrogen-bond acceptors (Lipinski definition) is 3. The number of nitrogens with one attached hydrogen (secondary N) is 1. The molecule has 0 bridgehead atoms. The van der Waals surface area contributed by atoms with Crippen LogP contribution in [0.4, 0.5) is 0 Å². The van der Waals surface area contributed by atoms with Crippen molar-refractivity contribution < 1.29 is 9.90 Å². The smallest absolute Gasteiger partial charge is 0.320 e. The van der Waals surface area contributed by atoms with Crippen LogP contribution in [-0.2, 0) is 4.79 Å². The molecule has 3 unspecified atom stereocenters. The molecule has 4 nitrogen and oxygen atoms in total. The highest BCUT2D eigenvalue weighted by Crippen LogP contribution is 2.21. The van der Waals surface area contributed by atoms with Gasteiger partial charge in [-0.05, 0) is 45.1 Å². The first-order valence-corrected chi connectivity index (χ1v) is 7.24. The highest BCUT2D eigenvalue weighted by atomic mass is 16.4. The van der Waals surface area contributed by atoms with Gasteiger partial charge in [-0.1, -0.05) is 13.8 Å². The van der Waals surface area contributed by atoms with Gasteiger partial charge in [-0.2, -0.15) is 0 Å². The van der Waals surface area contributed by atoms with Gasteiger partial charge < -0.3 is 15.3 Å². The Balaban J connectivity index is 2.37. The molecule has 0 amide bonds. The normalized spacial score (nSPS) is 27.1. The molecule has 3 atom stereocenters. The zero-order valence-corrected chi connectivity index (χ0v) is 12.0. The van der Waals surface area contributed by atoms with Crippen molar-refractivity contribution in [2.75, 3.05) is 19.6 Å². The number of carboxylic acids is 1. The molecule has 1 fully saturated rings. The molecule has 0 saturated carbocycles. The molecule has 0 aromatic rings. The van der Waals surface area contributed by atoms with Crippen molar-refractivity contribution in [2.45, 2.75) is 58.5 Å². The highest BCUT2D eigenvalue weighted by Gasteiger charge is 2.24. The van der Waals surface area contributed by atoms with Gasteiger partial charge in [0.05, 0.1) is 0 Å². The van der Waals surface area contributed by atoms with Crippen LogP contribution in [0.1, 0.15) is 46.5 Å². The Morgan fingerprint density at radius 3 is 2.78 bits per heavy atom. The maximum atomic E-state index is 11.1. The summed E-state index contributed by atoms with van der Waals surface area (Å²) in [5.74, 6) is 0.0224. The van der Waals surface area contributed by atoms with Crippen molar-refractivity contribution in [3.8, 4) is 0 Å². The second-order valence-corrected chi connectivity index (χ2v) is 5.66. The fourth-order valence-electron chi connectivity index (χ4n) is 2.62. The third-order valence-electron chi connectivity index (χ3n) is 3.89. The summed E-state index contributed by atoms with van der Waals surface area (Å²) in [5, 5.41) is 12.3. The minimum absolute atomic E-state index is 0.394. The average Bonchev–Trinajstić information content (AvgIpc) is 2.33. The number of rotatable bonds is 7. The average molecular weight is 256 g/mol. The Bertz CT molecular complexity index is 258. The van der Waals surface area contributed by atoms with Crippen LogP contribution in [0.25, 0.3) is 0 Å². The van der Waals surface area contributed by atoms with E-state index >= 15 is 0 Å². The molecule has 4 heteroatoms. The van der Waals surface area contributed by atoms with Crippen LogP contribution in [0.5, 0.6) is 0 Å². The van der Waals surface area contributed by atoms with Crippen LogP contribution in [0, 0.1) is 5.92 Å². The van der Waals surface area contributed by atoms with Crippen molar-refractivity contribution in [2.24, 2.45) is 5.92 Å². The maximum Gasteiger partial charge on any atom is 0.320 e. The number of hydrogen-bond donors (Lipinski definition) is 2. The molecule has 18 heavy (non-hydrogen) atoms. The van der Waals surface area contributed by atoms with E-state index in [0.717, 1.165) is 32.0 Å². The lowest BCUT2D eigenvalue weighted by Crippen LogP contribution is -2.45. The fraction of sp³-hybridized carbons (Fsp3) is 0.929. The highest BCUT2D eigenvalue weighted by molar-refractivity contribution is 5.73. The van der Waals surface area contributed by atoms with Crippen LogP contribution in [0.2, 0.25) is 0 Å². The number of piperidine rings is 1. The van der Waals surface area contributed by atoms with Crippen molar-refractivity contribution in [3.05, 3.63) is 0 Å². The van der Waals surface area contributed by atoms with Crippen molar-refractivity contribution in [3.63, 3.8) is 0 Å². The first kappa shape index (κ1) is 15.4.